The minimum atomic E-state index is -3.10. The largest absolute Gasteiger partial charge is 0.493 e. The standard InChI is InChI=1S/C22H32N2O4S/c25-21-23-11-13-24(21)12-2-1-3-14-29(26,27)17-22(9-10-22)19-5-4-6-20(15-19)28-16-18-7-8-18/h4-6,15,18H,1-3,7-14,16-17H2,(H,23,25). The minimum Gasteiger partial charge on any atom is -0.493 e. The van der Waals surface area contributed by atoms with Crippen LogP contribution in [0.2, 0.25) is 0 Å². The number of nitrogens with one attached hydrogen (secondary N) is 1. The van der Waals surface area contributed by atoms with Crippen molar-refractivity contribution in [1.82, 2.24) is 10.2 Å². The van der Waals surface area contributed by atoms with Crippen LogP contribution in [-0.2, 0) is 15.3 Å². The average molecular weight is 421 g/mol. The SMILES string of the molecule is O=C1NCCN1CCCCCS(=O)(=O)CC1(c2cccc(OCC3CC3)c2)CC1. The molecule has 0 radical (unpaired) electrons. The normalized spacial score (nSPS) is 20.6. The lowest BCUT2D eigenvalue weighted by molar-refractivity contribution is 0.216. The van der Waals surface area contributed by atoms with E-state index < -0.39 is 9.84 Å². The van der Waals surface area contributed by atoms with Crippen molar-refractivity contribution in [3.05, 3.63) is 29.8 Å². The summed E-state index contributed by atoms with van der Waals surface area (Å²) in [4.78, 5) is 13.3. The summed E-state index contributed by atoms with van der Waals surface area (Å²) >= 11 is 0. The van der Waals surface area contributed by atoms with Gasteiger partial charge in [-0.2, -0.15) is 0 Å². The Morgan fingerprint density at radius 1 is 1.17 bits per heavy atom. The first-order chi connectivity index (χ1) is 14.0. The van der Waals surface area contributed by atoms with Crippen LogP contribution in [-0.4, -0.2) is 57.1 Å². The summed E-state index contributed by atoms with van der Waals surface area (Å²) in [5, 5.41) is 2.79. The van der Waals surface area contributed by atoms with Gasteiger partial charge in [-0.1, -0.05) is 18.6 Å². The second kappa shape index (κ2) is 8.54. The fourth-order valence-electron chi connectivity index (χ4n) is 4.10. The van der Waals surface area contributed by atoms with Crippen LogP contribution in [0.4, 0.5) is 4.79 Å². The summed E-state index contributed by atoms with van der Waals surface area (Å²) < 4.78 is 31.4. The number of unbranched alkanes of at least 4 members (excludes halogenated alkanes) is 2. The second-order valence-electron chi connectivity index (χ2n) is 8.93. The summed E-state index contributed by atoms with van der Waals surface area (Å²) in [5.74, 6) is 2.04. The van der Waals surface area contributed by atoms with Gasteiger partial charge >= 0.3 is 6.03 Å². The van der Waals surface area contributed by atoms with Crippen molar-refractivity contribution in [3.8, 4) is 5.75 Å². The van der Waals surface area contributed by atoms with Crippen LogP contribution in [0.3, 0.4) is 0 Å². The third kappa shape index (κ3) is 5.65. The van der Waals surface area contributed by atoms with E-state index in [1.165, 1.54) is 12.8 Å². The van der Waals surface area contributed by atoms with E-state index in [0.29, 0.717) is 25.4 Å². The van der Waals surface area contributed by atoms with Crippen molar-refractivity contribution in [1.29, 1.82) is 0 Å². The quantitative estimate of drug-likeness (QED) is 0.527. The molecule has 0 spiro atoms. The number of carbonyl (C=O) groups is 1. The molecule has 1 aromatic rings. The molecular formula is C22H32N2O4S. The van der Waals surface area contributed by atoms with Crippen molar-refractivity contribution >= 4 is 15.9 Å². The van der Waals surface area contributed by atoms with Gasteiger partial charge in [0.2, 0.25) is 0 Å². The van der Waals surface area contributed by atoms with Gasteiger partial charge in [-0.15, -0.1) is 0 Å². The smallest absolute Gasteiger partial charge is 0.317 e. The van der Waals surface area contributed by atoms with Crippen LogP contribution in [0, 0.1) is 5.92 Å². The van der Waals surface area contributed by atoms with Crippen LogP contribution >= 0.6 is 0 Å². The zero-order chi connectivity index (χ0) is 20.3. The first kappa shape index (κ1) is 20.5. The Kier molecular flexibility index (Phi) is 6.04. The number of urea groups is 1. The maximum Gasteiger partial charge on any atom is 0.317 e. The third-order valence-corrected chi connectivity index (χ3v) is 8.21. The Labute approximate surface area is 173 Å². The average Bonchev–Trinajstić information content (AvgIpc) is 3.61. The molecule has 1 aromatic carbocycles. The first-order valence-electron chi connectivity index (χ1n) is 10.9. The number of hydrogen-bond donors (Lipinski definition) is 1. The van der Waals surface area contributed by atoms with Crippen LogP contribution in [0.1, 0.15) is 50.5 Å². The van der Waals surface area contributed by atoms with E-state index in [-0.39, 0.29) is 23.0 Å². The highest BCUT2D eigenvalue weighted by molar-refractivity contribution is 7.91. The summed E-state index contributed by atoms with van der Waals surface area (Å²) in [5.41, 5.74) is 0.889. The number of carbonyl (C=O) groups excluding carboxylic acids is 1. The molecule has 3 fully saturated rings. The van der Waals surface area contributed by atoms with Gasteiger partial charge in [0.1, 0.15) is 5.75 Å². The Bertz CT molecular complexity index is 831. The topological polar surface area (TPSA) is 75.7 Å². The highest BCUT2D eigenvalue weighted by Crippen LogP contribution is 2.50. The van der Waals surface area contributed by atoms with E-state index in [9.17, 15) is 13.2 Å². The lowest BCUT2D eigenvalue weighted by Gasteiger charge is -2.17. The molecule has 0 bridgehead atoms. The van der Waals surface area contributed by atoms with Crippen LogP contribution in [0.25, 0.3) is 0 Å². The molecule has 7 heteroatoms. The zero-order valence-electron chi connectivity index (χ0n) is 17.1. The molecule has 1 aliphatic heterocycles. The Morgan fingerprint density at radius 2 is 2.00 bits per heavy atom. The third-order valence-electron chi connectivity index (χ3n) is 6.31. The molecule has 2 saturated carbocycles. The van der Waals surface area contributed by atoms with Gasteiger partial charge in [0.25, 0.3) is 0 Å². The number of benzene rings is 1. The molecule has 0 atom stereocenters. The van der Waals surface area contributed by atoms with Crippen molar-refractivity contribution < 1.29 is 17.9 Å². The molecule has 0 unspecified atom stereocenters. The molecule has 2 aliphatic carbocycles. The van der Waals surface area contributed by atoms with E-state index >= 15 is 0 Å². The Morgan fingerprint density at radius 3 is 2.69 bits per heavy atom. The van der Waals surface area contributed by atoms with Gasteiger partial charge in [0.05, 0.1) is 18.1 Å². The van der Waals surface area contributed by atoms with Crippen LogP contribution in [0.15, 0.2) is 24.3 Å². The predicted octanol–water partition coefficient (Wildman–Crippen LogP) is 3.12. The van der Waals surface area contributed by atoms with Crippen LogP contribution < -0.4 is 10.1 Å². The number of nitrogens with zero attached hydrogens (tertiary/aromatic N) is 1. The number of amides is 2. The highest BCUT2D eigenvalue weighted by atomic mass is 32.2. The molecule has 2 amide bonds. The van der Waals surface area contributed by atoms with Gasteiger partial charge in [-0.3, -0.25) is 0 Å². The molecule has 4 rings (SSSR count). The maximum absolute atomic E-state index is 12.7. The Balaban J connectivity index is 1.24. The van der Waals surface area contributed by atoms with E-state index in [4.69, 9.17) is 4.74 Å². The lowest BCUT2D eigenvalue weighted by Crippen LogP contribution is -2.29. The van der Waals surface area contributed by atoms with Gasteiger partial charge in [-0.25, -0.2) is 13.2 Å². The molecule has 1 heterocycles. The molecule has 1 saturated heterocycles. The van der Waals surface area contributed by atoms with Gasteiger partial charge in [-0.05, 0) is 62.1 Å². The van der Waals surface area contributed by atoms with Crippen molar-refractivity contribution in [2.45, 2.75) is 50.4 Å². The second-order valence-corrected chi connectivity index (χ2v) is 11.1. The number of hydrogen-bond acceptors (Lipinski definition) is 4. The van der Waals surface area contributed by atoms with Crippen molar-refractivity contribution in [3.63, 3.8) is 0 Å². The van der Waals surface area contributed by atoms with E-state index in [0.717, 1.165) is 50.1 Å². The maximum atomic E-state index is 12.7. The fourth-order valence-corrected chi connectivity index (χ4v) is 6.19. The van der Waals surface area contributed by atoms with E-state index in [1.807, 2.05) is 24.3 Å². The monoisotopic (exact) mass is 420 g/mol. The minimum absolute atomic E-state index is 0.00311. The molecule has 160 valence electrons. The van der Waals surface area contributed by atoms with Gasteiger partial charge in [0.15, 0.2) is 9.84 Å². The van der Waals surface area contributed by atoms with Crippen molar-refractivity contribution in [2.75, 3.05) is 37.7 Å². The number of ether oxygens (including phenoxy) is 1. The van der Waals surface area contributed by atoms with Gasteiger partial charge < -0.3 is 15.0 Å². The molecule has 29 heavy (non-hydrogen) atoms. The highest BCUT2D eigenvalue weighted by Gasteiger charge is 2.47. The molecule has 0 aromatic heterocycles. The number of sulfone groups is 1. The summed E-state index contributed by atoms with van der Waals surface area (Å²) in [7, 11) is -3.10. The van der Waals surface area contributed by atoms with Crippen molar-refractivity contribution in [2.24, 2.45) is 5.92 Å². The summed E-state index contributed by atoms with van der Waals surface area (Å²) in [6.45, 7) is 2.95. The lowest BCUT2D eigenvalue weighted by atomic mass is 9.98. The molecular weight excluding hydrogens is 388 g/mol. The van der Waals surface area contributed by atoms with Crippen LogP contribution in [0.5, 0.6) is 5.75 Å². The van der Waals surface area contributed by atoms with Gasteiger partial charge in [0, 0.05) is 25.0 Å². The first-order valence-corrected chi connectivity index (χ1v) is 12.7. The number of rotatable bonds is 12. The molecule has 6 nitrogen and oxygen atoms in total. The molecule has 3 aliphatic rings. The summed E-state index contributed by atoms with van der Waals surface area (Å²) in [6, 6.07) is 8.05. The Hall–Kier alpha value is -1.76. The van der Waals surface area contributed by atoms with E-state index in [2.05, 4.69) is 5.32 Å². The zero-order valence-corrected chi connectivity index (χ0v) is 17.9. The predicted molar refractivity (Wildman–Crippen MR) is 113 cm³/mol. The molecule has 1 N–H and O–H groups in total. The fraction of sp³-hybridized carbons (Fsp3) is 0.682. The van der Waals surface area contributed by atoms with E-state index in [1.54, 1.807) is 4.90 Å². The summed E-state index contributed by atoms with van der Waals surface area (Å²) in [6.07, 6.45) is 6.73.